The SMILES string of the molecule is CNCC1CCN(c2ccc([N+](=O)[O-])cc2)CC1. The van der Waals surface area contributed by atoms with Crippen LogP contribution in [0.25, 0.3) is 0 Å². The molecule has 0 amide bonds. The third-order valence-corrected chi connectivity index (χ3v) is 3.53. The first-order valence-electron chi connectivity index (χ1n) is 6.34. The number of piperidine rings is 1. The molecule has 0 bridgehead atoms. The van der Waals surface area contributed by atoms with Crippen molar-refractivity contribution in [3.05, 3.63) is 34.4 Å². The van der Waals surface area contributed by atoms with E-state index in [0.717, 1.165) is 31.2 Å². The molecule has 0 radical (unpaired) electrons. The Balaban J connectivity index is 1.95. The van der Waals surface area contributed by atoms with Crippen LogP contribution >= 0.6 is 0 Å². The number of hydrogen-bond acceptors (Lipinski definition) is 4. The molecule has 5 nitrogen and oxygen atoms in total. The van der Waals surface area contributed by atoms with Crippen LogP contribution in [0.1, 0.15) is 12.8 Å². The molecule has 1 N–H and O–H groups in total. The first kappa shape index (κ1) is 12.8. The first-order valence-corrected chi connectivity index (χ1v) is 6.34. The topological polar surface area (TPSA) is 58.4 Å². The highest BCUT2D eigenvalue weighted by Crippen LogP contribution is 2.24. The van der Waals surface area contributed by atoms with Crippen LogP contribution in [0.2, 0.25) is 0 Å². The Labute approximate surface area is 107 Å². The Morgan fingerprint density at radius 3 is 2.44 bits per heavy atom. The summed E-state index contributed by atoms with van der Waals surface area (Å²) in [5.41, 5.74) is 1.24. The molecule has 1 aromatic carbocycles. The quantitative estimate of drug-likeness (QED) is 0.655. The standard InChI is InChI=1S/C13H19N3O2/c1-14-10-11-6-8-15(9-7-11)12-2-4-13(5-3-12)16(17)18/h2-5,11,14H,6-10H2,1H3. The summed E-state index contributed by atoms with van der Waals surface area (Å²) in [7, 11) is 1.99. The van der Waals surface area contributed by atoms with Crippen LogP contribution in [0.5, 0.6) is 0 Å². The van der Waals surface area contributed by atoms with E-state index in [-0.39, 0.29) is 10.6 Å². The van der Waals surface area contributed by atoms with E-state index < -0.39 is 0 Å². The molecular weight excluding hydrogens is 230 g/mol. The lowest BCUT2D eigenvalue weighted by molar-refractivity contribution is -0.384. The Morgan fingerprint density at radius 2 is 1.94 bits per heavy atom. The molecule has 0 spiro atoms. The van der Waals surface area contributed by atoms with Gasteiger partial charge in [0.25, 0.3) is 5.69 Å². The maximum Gasteiger partial charge on any atom is 0.269 e. The van der Waals surface area contributed by atoms with Crippen molar-refractivity contribution in [2.45, 2.75) is 12.8 Å². The lowest BCUT2D eigenvalue weighted by Gasteiger charge is -2.33. The summed E-state index contributed by atoms with van der Waals surface area (Å²) in [5, 5.41) is 13.8. The number of nitrogens with one attached hydrogen (secondary N) is 1. The molecular formula is C13H19N3O2. The molecule has 1 aliphatic heterocycles. The van der Waals surface area contributed by atoms with Gasteiger partial charge in [0.2, 0.25) is 0 Å². The summed E-state index contributed by atoms with van der Waals surface area (Å²) < 4.78 is 0. The predicted molar refractivity (Wildman–Crippen MR) is 72.0 cm³/mol. The number of non-ortho nitro benzene ring substituents is 1. The van der Waals surface area contributed by atoms with Gasteiger partial charge in [0, 0.05) is 30.9 Å². The smallest absolute Gasteiger partial charge is 0.269 e. The van der Waals surface area contributed by atoms with Crippen molar-refractivity contribution in [1.82, 2.24) is 5.32 Å². The number of nitro benzene ring substituents is 1. The van der Waals surface area contributed by atoms with Crippen molar-refractivity contribution in [2.24, 2.45) is 5.92 Å². The fourth-order valence-corrected chi connectivity index (χ4v) is 2.47. The molecule has 18 heavy (non-hydrogen) atoms. The minimum absolute atomic E-state index is 0.156. The van der Waals surface area contributed by atoms with E-state index in [0.29, 0.717) is 0 Å². The Hall–Kier alpha value is -1.62. The maximum atomic E-state index is 10.6. The first-order chi connectivity index (χ1) is 8.70. The van der Waals surface area contributed by atoms with Crippen molar-refractivity contribution < 1.29 is 4.92 Å². The van der Waals surface area contributed by atoms with Gasteiger partial charge in [0.05, 0.1) is 4.92 Å². The normalized spacial score (nSPS) is 16.8. The number of hydrogen-bond donors (Lipinski definition) is 1. The summed E-state index contributed by atoms with van der Waals surface area (Å²) in [6, 6.07) is 6.84. The van der Waals surface area contributed by atoms with Gasteiger partial charge in [0.15, 0.2) is 0 Å². The Morgan fingerprint density at radius 1 is 1.33 bits per heavy atom. The van der Waals surface area contributed by atoms with Gasteiger partial charge >= 0.3 is 0 Å². The van der Waals surface area contributed by atoms with Crippen molar-refractivity contribution in [1.29, 1.82) is 0 Å². The second kappa shape index (κ2) is 5.82. The summed E-state index contributed by atoms with van der Waals surface area (Å²) in [6.07, 6.45) is 2.36. The average molecular weight is 249 g/mol. The lowest BCUT2D eigenvalue weighted by atomic mass is 9.96. The minimum Gasteiger partial charge on any atom is -0.372 e. The third-order valence-electron chi connectivity index (χ3n) is 3.53. The number of rotatable bonds is 4. The van der Waals surface area contributed by atoms with Gasteiger partial charge in [-0.25, -0.2) is 0 Å². The van der Waals surface area contributed by atoms with Crippen molar-refractivity contribution in [3.63, 3.8) is 0 Å². The van der Waals surface area contributed by atoms with Crippen LogP contribution in [0, 0.1) is 16.0 Å². The van der Waals surface area contributed by atoms with Crippen LogP contribution in [-0.4, -0.2) is 31.6 Å². The highest BCUT2D eigenvalue weighted by molar-refractivity contribution is 5.51. The zero-order valence-corrected chi connectivity index (χ0v) is 10.6. The zero-order valence-electron chi connectivity index (χ0n) is 10.6. The molecule has 0 aromatic heterocycles. The molecule has 0 atom stereocenters. The lowest BCUT2D eigenvalue weighted by Crippen LogP contribution is -2.36. The largest absolute Gasteiger partial charge is 0.372 e. The Kier molecular flexibility index (Phi) is 4.15. The van der Waals surface area contributed by atoms with E-state index in [9.17, 15) is 10.1 Å². The molecule has 0 aliphatic carbocycles. The van der Waals surface area contributed by atoms with E-state index in [1.807, 2.05) is 19.2 Å². The average Bonchev–Trinajstić information content (AvgIpc) is 2.40. The van der Waals surface area contributed by atoms with Crippen molar-refractivity contribution in [2.75, 3.05) is 31.6 Å². The number of benzene rings is 1. The fourth-order valence-electron chi connectivity index (χ4n) is 2.47. The number of nitrogens with zero attached hydrogens (tertiary/aromatic N) is 2. The maximum absolute atomic E-state index is 10.6. The second-order valence-electron chi connectivity index (χ2n) is 4.76. The van der Waals surface area contributed by atoms with Gasteiger partial charge in [-0.05, 0) is 44.5 Å². The number of nitro groups is 1. The predicted octanol–water partition coefficient (Wildman–Crippen LogP) is 2.03. The van der Waals surface area contributed by atoms with Gasteiger partial charge in [-0.3, -0.25) is 10.1 Å². The van der Waals surface area contributed by atoms with Crippen molar-refractivity contribution >= 4 is 11.4 Å². The van der Waals surface area contributed by atoms with Crippen LogP contribution in [-0.2, 0) is 0 Å². The minimum atomic E-state index is -0.358. The van der Waals surface area contributed by atoms with Crippen LogP contribution < -0.4 is 10.2 Å². The van der Waals surface area contributed by atoms with Gasteiger partial charge in [-0.15, -0.1) is 0 Å². The van der Waals surface area contributed by atoms with E-state index in [1.165, 1.54) is 12.8 Å². The summed E-state index contributed by atoms with van der Waals surface area (Å²) in [6.45, 7) is 3.14. The van der Waals surface area contributed by atoms with Crippen LogP contribution in [0.4, 0.5) is 11.4 Å². The van der Waals surface area contributed by atoms with Crippen LogP contribution in [0.15, 0.2) is 24.3 Å². The molecule has 1 aromatic rings. The van der Waals surface area contributed by atoms with Gasteiger partial charge in [-0.2, -0.15) is 0 Å². The van der Waals surface area contributed by atoms with Crippen LogP contribution in [0.3, 0.4) is 0 Å². The third kappa shape index (κ3) is 2.98. The highest BCUT2D eigenvalue weighted by Gasteiger charge is 2.19. The summed E-state index contributed by atoms with van der Waals surface area (Å²) in [4.78, 5) is 12.5. The molecule has 98 valence electrons. The highest BCUT2D eigenvalue weighted by atomic mass is 16.6. The summed E-state index contributed by atoms with van der Waals surface area (Å²) in [5.74, 6) is 0.754. The van der Waals surface area contributed by atoms with E-state index >= 15 is 0 Å². The molecule has 0 saturated carbocycles. The van der Waals surface area contributed by atoms with Crippen molar-refractivity contribution in [3.8, 4) is 0 Å². The Bertz CT molecular complexity index is 397. The molecule has 1 heterocycles. The molecule has 0 unspecified atom stereocenters. The molecule has 5 heteroatoms. The summed E-state index contributed by atoms with van der Waals surface area (Å²) >= 11 is 0. The van der Waals surface area contributed by atoms with E-state index in [2.05, 4.69) is 10.2 Å². The second-order valence-corrected chi connectivity index (χ2v) is 4.76. The van der Waals surface area contributed by atoms with Gasteiger partial charge in [-0.1, -0.05) is 0 Å². The molecule has 1 saturated heterocycles. The van der Waals surface area contributed by atoms with Gasteiger partial charge < -0.3 is 10.2 Å². The monoisotopic (exact) mass is 249 g/mol. The molecule has 1 fully saturated rings. The number of anilines is 1. The fraction of sp³-hybridized carbons (Fsp3) is 0.538. The zero-order chi connectivity index (χ0) is 13.0. The molecule has 2 rings (SSSR count). The van der Waals surface area contributed by atoms with E-state index in [4.69, 9.17) is 0 Å². The molecule has 1 aliphatic rings. The van der Waals surface area contributed by atoms with Gasteiger partial charge in [0.1, 0.15) is 0 Å². The van der Waals surface area contributed by atoms with E-state index in [1.54, 1.807) is 12.1 Å².